The third-order valence-electron chi connectivity index (χ3n) is 4.91. The number of hydrogen-bond acceptors (Lipinski definition) is 4. The van der Waals surface area contributed by atoms with Crippen LogP contribution in [-0.4, -0.2) is 61.2 Å². The van der Waals surface area contributed by atoms with E-state index in [1.165, 1.54) is 0 Å². The Kier molecular flexibility index (Phi) is 3.22. The van der Waals surface area contributed by atoms with E-state index in [0.29, 0.717) is 26.2 Å². The van der Waals surface area contributed by atoms with E-state index in [2.05, 4.69) is 10.6 Å². The van der Waals surface area contributed by atoms with E-state index < -0.39 is 11.4 Å². The number of rotatable bonds is 2. The number of aliphatic carboxylic acids is 1. The molecule has 3 aliphatic heterocycles. The SMILES string of the molecule is O=C([C@@H]1CCCNC1)N1C[C@@H]2CNC[C@]2(C(=O)O)C1. The molecule has 0 radical (unpaired) electrons. The Morgan fingerprint density at radius 2 is 2.11 bits per heavy atom. The molecule has 106 valence electrons. The summed E-state index contributed by atoms with van der Waals surface area (Å²) in [5, 5.41) is 15.9. The van der Waals surface area contributed by atoms with E-state index in [0.717, 1.165) is 25.9 Å². The van der Waals surface area contributed by atoms with Crippen LogP contribution in [0, 0.1) is 17.3 Å². The summed E-state index contributed by atoms with van der Waals surface area (Å²) in [5.41, 5.74) is -0.752. The largest absolute Gasteiger partial charge is 0.481 e. The minimum Gasteiger partial charge on any atom is -0.481 e. The molecule has 0 saturated carbocycles. The number of fused-ring (bicyclic) bond motifs is 1. The van der Waals surface area contributed by atoms with Gasteiger partial charge in [0.15, 0.2) is 0 Å². The number of carbonyl (C=O) groups is 2. The maximum absolute atomic E-state index is 12.5. The van der Waals surface area contributed by atoms with Crippen LogP contribution in [0.25, 0.3) is 0 Å². The lowest BCUT2D eigenvalue weighted by molar-refractivity contribution is -0.148. The van der Waals surface area contributed by atoms with Gasteiger partial charge in [-0.15, -0.1) is 0 Å². The first-order valence-corrected chi connectivity index (χ1v) is 7.07. The zero-order valence-corrected chi connectivity index (χ0v) is 11.0. The monoisotopic (exact) mass is 267 g/mol. The first-order valence-electron chi connectivity index (χ1n) is 7.07. The van der Waals surface area contributed by atoms with Crippen molar-refractivity contribution in [2.45, 2.75) is 12.8 Å². The first kappa shape index (κ1) is 12.9. The number of carbonyl (C=O) groups excluding carboxylic acids is 1. The number of piperidine rings is 1. The van der Waals surface area contributed by atoms with Crippen molar-refractivity contribution in [2.75, 3.05) is 39.3 Å². The van der Waals surface area contributed by atoms with Crippen LogP contribution in [0.1, 0.15) is 12.8 Å². The van der Waals surface area contributed by atoms with E-state index in [1.807, 2.05) is 0 Å². The minimum absolute atomic E-state index is 0.0337. The second-order valence-corrected chi connectivity index (χ2v) is 6.05. The van der Waals surface area contributed by atoms with Gasteiger partial charge in [-0.3, -0.25) is 9.59 Å². The van der Waals surface area contributed by atoms with Crippen LogP contribution >= 0.6 is 0 Å². The molecule has 3 N–H and O–H groups in total. The lowest BCUT2D eigenvalue weighted by atomic mass is 9.81. The average Bonchev–Trinajstić information content (AvgIpc) is 2.96. The fourth-order valence-corrected chi connectivity index (χ4v) is 3.71. The first-order chi connectivity index (χ1) is 9.13. The summed E-state index contributed by atoms with van der Waals surface area (Å²) in [6.07, 6.45) is 1.95. The van der Waals surface area contributed by atoms with Gasteiger partial charge in [0.2, 0.25) is 5.91 Å². The molecule has 1 amide bonds. The Labute approximate surface area is 112 Å². The van der Waals surface area contributed by atoms with E-state index in [9.17, 15) is 14.7 Å². The molecular formula is C13H21N3O3. The summed E-state index contributed by atoms with van der Waals surface area (Å²) in [7, 11) is 0. The van der Waals surface area contributed by atoms with Crippen LogP contribution < -0.4 is 10.6 Å². The maximum Gasteiger partial charge on any atom is 0.313 e. The van der Waals surface area contributed by atoms with Gasteiger partial charge in [0, 0.05) is 38.6 Å². The second-order valence-electron chi connectivity index (χ2n) is 6.05. The number of nitrogens with one attached hydrogen (secondary N) is 2. The van der Waals surface area contributed by atoms with E-state index in [4.69, 9.17) is 0 Å². The van der Waals surface area contributed by atoms with Gasteiger partial charge in [0.05, 0.1) is 5.92 Å². The normalized spacial score (nSPS) is 38.2. The molecule has 6 heteroatoms. The Bertz CT molecular complexity index is 395. The van der Waals surface area contributed by atoms with Gasteiger partial charge >= 0.3 is 5.97 Å². The molecular weight excluding hydrogens is 246 g/mol. The Morgan fingerprint density at radius 1 is 1.26 bits per heavy atom. The van der Waals surface area contributed by atoms with Crippen LogP contribution in [0.15, 0.2) is 0 Å². The number of carboxylic acids is 1. The number of amides is 1. The van der Waals surface area contributed by atoms with Gasteiger partial charge in [-0.1, -0.05) is 0 Å². The van der Waals surface area contributed by atoms with Crippen molar-refractivity contribution in [3.63, 3.8) is 0 Å². The fourth-order valence-electron chi connectivity index (χ4n) is 3.71. The molecule has 3 heterocycles. The topological polar surface area (TPSA) is 81.7 Å². The quantitative estimate of drug-likeness (QED) is 0.605. The molecule has 6 nitrogen and oxygen atoms in total. The molecule has 3 aliphatic rings. The predicted octanol–water partition coefficient (Wildman–Crippen LogP) is -0.881. The van der Waals surface area contributed by atoms with Crippen molar-refractivity contribution < 1.29 is 14.7 Å². The number of carboxylic acid groups (broad SMARTS) is 1. The lowest BCUT2D eigenvalue weighted by Crippen LogP contribution is -2.45. The molecule has 3 rings (SSSR count). The summed E-state index contributed by atoms with van der Waals surface area (Å²) in [5.74, 6) is -0.529. The van der Waals surface area contributed by atoms with Gasteiger partial charge in [-0.2, -0.15) is 0 Å². The van der Waals surface area contributed by atoms with Gasteiger partial charge in [0.25, 0.3) is 0 Å². The smallest absolute Gasteiger partial charge is 0.313 e. The summed E-state index contributed by atoms with van der Waals surface area (Å²) in [6, 6.07) is 0. The zero-order chi connectivity index (χ0) is 13.5. The average molecular weight is 267 g/mol. The highest BCUT2D eigenvalue weighted by Crippen LogP contribution is 2.39. The van der Waals surface area contributed by atoms with Crippen LogP contribution in [0.3, 0.4) is 0 Å². The molecule has 0 bridgehead atoms. The Morgan fingerprint density at radius 3 is 2.74 bits per heavy atom. The third-order valence-corrected chi connectivity index (χ3v) is 4.91. The molecule has 0 aromatic carbocycles. The standard InChI is InChI=1S/C13H21N3O3/c17-11(9-2-1-3-14-4-9)16-6-10-5-15-7-13(10,8-16)12(18)19/h9-10,14-15H,1-8H2,(H,18,19)/t9-,10+,13+/m1/s1. The summed E-state index contributed by atoms with van der Waals surface area (Å²) >= 11 is 0. The fraction of sp³-hybridized carbons (Fsp3) is 0.846. The van der Waals surface area contributed by atoms with Gasteiger partial charge < -0.3 is 20.6 Å². The highest BCUT2D eigenvalue weighted by atomic mass is 16.4. The van der Waals surface area contributed by atoms with Crippen LogP contribution in [0.4, 0.5) is 0 Å². The van der Waals surface area contributed by atoms with Gasteiger partial charge in [-0.25, -0.2) is 0 Å². The molecule has 3 fully saturated rings. The molecule has 0 unspecified atom stereocenters. The third kappa shape index (κ3) is 2.03. The highest BCUT2D eigenvalue weighted by molar-refractivity contribution is 5.83. The van der Waals surface area contributed by atoms with E-state index in [-0.39, 0.29) is 17.7 Å². The van der Waals surface area contributed by atoms with Crippen LogP contribution in [0.5, 0.6) is 0 Å². The predicted molar refractivity (Wildman–Crippen MR) is 68.6 cm³/mol. The Hall–Kier alpha value is -1.14. The minimum atomic E-state index is -0.764. The molecule has 19 heavy (non-hydrogen) atoms. The number of hydrogen-bond donors (Lipinski definition) is 3. The molecule has 3 saturated heterocycles. The molecule has 0 aromatic rings. The molecule has 0 spiro atoms. The zero-order valence-electron chi connectivity index (χ0n) is 11.0. The molecule has 3 atom stereocenters. The van der Waals surface area contributed by atoms with Crippen molar-refractivity contribution in [3.8, 4) is 0 Å². The Balaban J connectivity index is 1.71. The van der Waals surface area contributed by atoms with Gasteiger partial charge in [0.1, 0.15) is 5.41 Å². The summed E-state index contributed by atoms with van der Waals surface area (Å²) in [4.78, 5) is 25.8. The van der Waals surface area contributed by atoms with Crippen molar-refractivity contribution in [1.29, 1.82) is 0 Å². The van der Waals surface area contributed by atoms with Gasteiger partial charge in [-0.05, 0) is 19.4 Å². The number of nitrogens with zero attached hydrogens (tertiary/aromatic N) is 1. The van der Waals surface area contributed by atoms with Crippen LogP contribution in [0.2, 0.25) is 0 Å². The maximum atomic E-state index is 12.5. The summed E-state index contributed by atoms with van der Waals surface area (Å²) in [6.45, 7) is 3.87. The summed E-state index contributed by atoms with van der Waals surface area (Å²) < 4.78 is 0. The van der Waals surface area contributed by atoms with Crippen molar-refractivity contribution in [3.05, 3.63) is 0 Å². The van der Waals surface area contributed by atoms with Crippen molar-refractivity contribution in [1.82, 2.24) is 15.5 Å². The molecule has 0 aromatic heterocycles. The lowest BCUT2D eigenvalue weighted by Gasteiger charge is -2.28. The second kappa shape index (κ2) is 4.76. The van der Waals surface area contributed by atoms with Crippen molar-refractivity contribution >= 4 is 11.9 Å². The van der Waals surface area contributed by atoms with E-state index in [1.54, 1.807) is 4.90 Å². The molecule has 0 aliphatic carbocycles. The van der Waals surface area contributed by atoms with Crippen molar-refractivity contribution in [2.24, 2.45) is 17.3 Å². The highest BCUT2D eigenvalue weighted by Gasteiger charge is 2.56. The number of likely N-dealkylation sites (tertiary alicyclic amines) is 1. The van der Waals surface area contributed by atoms with Crippen LogP contribution in [-0.2, 0) is 9.59 Å². The van der Waals surface area contributed by atoms with E-state index >= 15 is 0 Å².